The molecule has 0 aliphatic carbocycles. The third kappa shape index (κ3) is 5.14. The second-order valence-corrected chi connectivity index (χ2v) is 10.5. The highest BCUT2D eigenvalue weighted by Gasteiger charge is 2.28. The molecule has 2 aliphatic rings. The number of tetrazole rings is 1. The molecular weight excluding hydrogens is 496 g/mol. The van der Waals surface area contributed by atoms with Gasteiger partial charge < -0.3 is 19.2 Å². The monoisotopic (exact) mass is 530 g/mol. The number of ether oxygens (including phenoxy) is 3. The lowest BCUT2D eigenvalue weighted by Gasteiger charge is -2.30. The second kappa shape index (κ2) is 10.8. The molecule has 4 aromatic rings. The van der Waals surface area contributed by atoms with Crippen LogP contribution in [0.3, 0.4) is 0 Å². The van der Waals surface area contributed by atoms with Crippen LogP contribution in [0, 0.1) is 13.8 Å². The van der Waals surface area contributed by atoms with E-state index in [1.54, 1.807) is 0 Å². The van der Waals surface area contributed by atoms with Gasteiger partial charge in [0.1, 0.15) is 0 Å². The van der Waals surface area contributed by atoms with Gasteiger partial charge in [-0.2, -0.15) is 0 Å². The number of H-pyrrole nitrogens is 1. The predicted octanol–water partition coefficient (Wildman–Crippen LogP) is 4.19. The number of fused-ring (bicyclic) bond motifs is 2. The lowest BCUT2D eigenvalue weighted by molar-refractivity contribution is 0.0888. The van der Waals surface area contributed by atoms with E-state index in [9.17, 15) is 4.79 Å². The quantitative estimate of drug-likeness (QED) is 0.343. The predicted molar refractivity (Wildman–Crippen MR) is 146 cm³/mol. The van der Waals surface area contributed by atoms with E-state index in [0.29, 0.717) is 25.2 Å². The zero-order chi connectivity index (χ0) is 26.9. The summed E-state index contributed by atoms with van der Waals surface area (Å²) in [5.41, 5.74) is 4.74. The number of hydrogen-bond donors (Lipinski definition) is 1. The van der Waals surface area contributed by atoms with Gasteiger partial charge >= 0.3 is 0 Å². The van der Waals surface area contributed by atoms with Crippen molar-refractivity contribution in [2.45, 2.75) is 71.8 Å². The molecule has 1 saturated heterocycles. The average Bonchev–Trinajstić information content (AvgIpc) is 3.71. The summed E-state index contributed by atoms with van der Waals surface area (Å²) in [5.74, 6) is 2.26. The van der Waals surface area contributed by atoms with Gasteiger partial charge in [-0.15, -0.1) is 5.10 Å². The maximum atomic E-state index is 13.4. The molecule has 0 radical (unpaired) electrons. The zero-order valence-corrected chi connectivity index (χ0v) is 22.6. The lowest BCUT2D eigenvalue weighted by atomic mass is 10.0. The first-order valence-corrected chi connectivity index (χ1v) is 13.6. The molecule has 39 heavy (non-hydrogen) atoms. The molecule has 204 valence electrons. The third-order valence-corrected chi connectivity index (χ3v) is 7.80. The van der Waals surface area contributed by atoms with Gasteiger partial charge in [0.2, 0.25) is 6.79 Å². The van der Waals surface area contributed by atoms with Crippen LogP contribution in [0.5, 0.6) is 11.5 Å². The number of hydrogen-bond acceptors (Lipinski definition) is 8. The standard InChI is InChI=1S/C29H34N6O4/c1-4-24(28-31-32-33-35(28)16-22-6-5-11-37-22)34(14-20-9-10-25-26(12-20)39-17-38-25)15-21-13-23-18(2)7-8-19(3)27(23)30-29(21)36/h7-10,12-13,22,24H,4-6,11,14-17H2,1-3H3,(H,30,36)/t22-,24-/m1/s1. The summed E-state index contributed by atoms with van der Waals surface area (Å²) in [7, 11) is 0. The van der Waals surface area contributed by atoms with Gasteiger partial charge in [0, 0.05) is 30.6 Å². The largest absolute Gasteiger partial charge is 0.454 e. The summed E-state index contributed by atoms with van der Waals surface area (Å²) in [5, 5.41) is 13.9. The molecule has 10 heteroatoms. The van der Waals surface area contributed by atoms with Crippen LogP contribution < -0.4 is 15.0 Å². The number of nitrogens with zero attached hydrogens (tertiary/aromatic N) is 5. The van der Waals surface area contributed by atoms with E-state index < -0.39 is 0 Å². The van der Waals surface area contributed by atoms with E-state index in [0.717, 1.165) is 70.8 Å². The maximum Gasteiger partial charge on any atom is 0.252 e. The summed E-state index contributed by atoms with van der Waals surface area (Å²) in [6.07, 6.45) is 2.93. The smallest absolute Gasteiger partial charge is 0.252 e. The van der Waals surface area contributed by atoms with Crippen LogP contribution >= 0.6 is 0 Å². The van der Waals surface area contributed by atoms with Gasteiger partial charge in [0.25, 0.3) is 5.56 Å². The minimum absolute atomic E-state index is 0.0827. The summed E-state index contributed by atoms with van der Waals surface area (Å²) in [4.78, 5) is 18.8. The summed E-state index contributed by atoms with van der Waals surface area (Å²) < 4.78 is 18.9. The SMILES string of the molecule is CC[C@H](c1nnnn1C[C@H]1CCCO1)N(Cc1ccc2c(c1)OCO2)Cc1cc2c(C)ccc(C)c2[nH]c1=O. The normalized spacial score (nSPS) is 17.4. The van der Waals surface area contributed by atoms with Crippen molar-refractivity contribution in [2.75, 3.05) is 13.4 Å². The van der Waals surface area contributed by atoms with E-state index in [-0.39, 0.29) is 24.5 Å². The van der Waals surface area contributed by atoms with Crippen molar-refractivity contribution in [1.82, 2.24) is 30.1 Å². The van der Waals surface area contributed by atoms with Gasteiger partial charge in [0.05, 0.1) is 24.2 Å². The van der Waals surface area contributed by atoms with E-state index in [4.69, 9.17) is 14.2 Å². The van der Waals surface area contributed by atoms with Crippen LogP contribution in [0.25, 0.3) is 10.9 Å². The summed E-state index contributed by atoms with van der Waals surface area (Å²) >= 11 is 0. The van der Waals surface area contributed by atoms with Gasteiger partial charge in [-0.05, 0) is 78.4 Å². The van der Waals surface area contributed by atoms with E-state index >= 15 is 0 Å². The molecule has 10 nitrogen and oxygen atoms in total. The summed E-state index contributed by atoms with van der Waals surface area (Å²) in [6.45, 7) is 8.84. The number of benzene rings is 2. The number of aromatic amines is 1. The van der Waals surface area contributed by atoms with Crippen molar-refractivity contribution in [3.63, 3.8) is 0 Å². The van der Waals surface area contributed by atoms with Crippen LogP contribution in [-0.4, -0.2) is 49.6 Å². The molecule has 0 amide bonds. The second-order valence-electron chi connectivity index (χ2n) is 10.5. The Morgan fingerprint density at radius 2 is 1.95 bits per heavy atom. The molecule has 2 aromatic carbocycles. The van der Waals surface area contributed by atoms with Gasteiger partial charge in [0.15, 0.2) is 17.3 Å². The van der Waals surface area contributed by atoms with Crippen LogP contribution in [-0.2, 0) is 24.4 Å². The van der Waals surface area contributed by atoms with Gasteiger partial charge in [-0.3, -0.25) is 9.69 Å². The third-order valence-electron chi connectivity index (χ3n) is 7.80. The highest BCUT2D eigenvalue weighted by Crippen LogP contribution is 2.34. The topological polar surface area (TPSA) is 107 Å². The Morgan fingerprint density at radius 3 is 2.77 bits per heavy atom. The number of nitrogens with one attached hydrogen (secondary N) is 1. The van der Waals surface area contributed by atoms with Crippen molar-refractivity contribution in [2.24, 2.45) is 0 Å². The number of pyridine rings is 1. The summed E-state index contributed by atoms with van der Waals surface area (Å²) in [6, 6.07) is 12.0. The molecule has 6 rings (SSSR count). The molecule has 0 bridgehead atoms. The number of rotatable bonds is 9. The molecule has 1 fully saturated rings. The van der Waals surface area contributed by atoms with Gasteiger partial charge in [-0.1, -0.05) is 25.1 Å². The van der Waals surface area contributed by atoms with Crippen LogP contribution in [0.15, 0.2) is 41.2 Å². The van der Waals surface area contributed by atoms with E-state index in [2.05, 4.69) is 45.3 Å². The number of aryl methyl sites for hydroxylation is 2. The fraction of sp³-hybridized carbons (Fsp3) is 0.448. The van der Waals surface area contributed by atoms with Crippen molar-refractivity contribution >= 4 is 10.9 Å². The highest BCUT2D eigenvalue weighted by molar-refractivity contribution is 5.85. The lowest BCUT2D eigenvalue weighted by Crippen LogP contribution is -2.33. The fourth-order valence-corrected chi connectivity index (χ4v) is 5.67. The molecular formula is C29H34N6O4. The van der Waals surface area contributed by atoms with Crippen molar-refractivity contribution in [3.05, 3.63) is 74.8 Å². The first kappa shape index (κ1) is 25.5. The van der Waals surface area contributed by atoms with Crippen molar-refractivity contribution in [3.8, 4) is 11.5 Å². The Bertz CT molecular complexity index is 1540. The van der Waals surface area contributed by atoms with Crippen molar-refractivity contribution in [1.29, 1.82) is 0 Å². The molecule has 0 unspecified atom stereocenters. The Labute approximate surface area is 226 Å². The Balaban J connectivity index is 1.38. The van der Waals surface area contributed by atoms with Crippen LogP contribution in [0.2, 0.25) is 0 Å². The molecule has 2 aliphatic heterocycles. The maximum absolute atomic E-state index is 13.4. The molecule has 2 atom stereocenters. The van der Waals surface area contributed by atoms with E-state index in [1.165, 1.54) is 0 Å². The Kier molecular flexibility index (Phi) is 7.05. The number of aromatic nitrogens is 5. The van der Waals surface area contributed by atoms with Crippen LogP contribution in [0.4, 0.5) is 0 Å². The van der Waals surface area contributed by atoms with Gasteiger partial charge in [-0.25, -0.2) is 4.68 Å². The first-order valence-electron chi connectivity index (χ1n) is 13.6. The first-order chi connectivity index (χ1) is 19.0. The van der Waals surface area contributed by atoms with E-state index in [1.807, 2.05) is 41.9 Å². The highest BCUT2D eigenvalue weighted by atomic mass is 16.7. The molecule has 1 N–H and O–H groups in total. The molecule has 0 saturated carbocycles. The molecule has 4 heterocycles. The van der Waals surface area contributed by atoms with Crippen LogP contribution in [0.1, 0.15) is 60.3 Å². The van der Waals surface area contributed by atoms with Crippen molar-refractivity contribution < 1.29 is 14.2 Å². The fourth-order valence-electron chi connectivity index (χ4n) is 5.67. The molecule has 0 spiro atoms. The zero-order valence-electron chi connectivity index (χ0n) is 22.6. The Hall–Kier alpha value is -3.76. The Morgan fingerprint density at radius 1 is 1.10 bits per heavy atom. The minimum Gasteiger partial charge on any atom is -0.454 e. The average molecular weight is 531 g/mol. The minimum atomic E-state index is -0.125. The molecule has 2 aromatic heterocycles.